The van der Waals surface area contributed by atoms with E-state index in [1.165, 1.54) is 6.39 Å². The molecule has 0 saturated heterocycles. The normalized spacial score (nSPS) is 10.6. The van der Waals surface area contributed by atoms with Crippen molar-refractivity contribution >= 4 is 12.2 Å². The molecule has 68 valence electrons. The highest BCUT2D eigenvalue weighted by molar-refractivity contribution is 7.71. The second kappa shape index (κ2) is 2.81. The number of aromatic amines is 2. The van der Waals surface area contributed by atoms with Crippen LogP contribution in [0.3, 0.4) is 0 Å². The molecule has 2 N–H and O–H groups in total. The highest BCUT2D eigenvalue weighted by Crippen LogP contribution is 2.15. The van der Waals surface area contributed by atoms with Gasteiger partial charge in [-0.25, -0.2) is 9.55 Å². The lowest BCUT2D eigenvalue weighted by molar-refractivity contribution is -0.667. The van der Waals surface area contributed by atoms with Crippen LogP contribution in [0.15, 0.2) is 10.8 Å². The Kier molecular flexibility index (Phi) is 1.77. The topological polar surface area (TPSA) is 61.5 Å². The molecule has 2 aromatic heterocycles. The molecule has 2 heterocycles. The third-order valence-corrected chi connectivity index (χ3v) is 2.26. The Labute approximate surface area is 79.4 Å². The number of aryl methyl sites for hydroxylation is 1. The lowest BCUT2D eigenvalue weighted by Crippen LogP contribution is -2.29. The number of nitrogens with zero attached hydrogens (tertiary/aromatic N) is 2. The number of rotatable bonds is 1. The Morgan fingerprint density at radius 3 is 2.77 bits per heavy atom. The number of hydrogen-bond donors (Lipinski definition) is 2. The van der Waals surface area contributed by atoms with Crippen LogP contribution in [-0.2, 0) is 7.05 Å². The van der Waals surface area contributed by atoms with Gasteiger partial charge in [0.05, 0.1) is 12.7 Å². The summed E-state index contributed by atoms with van der Waals surface area (Å²) in [6.07, 6.45) is 1.41. The quantitative estimate of drug-likeness (QED) is 0.526. The van der Waals surface area contributed by atoms with Gasteiger partial charge in [-0.1, -0.05) is 0 Å². The van der Waals surface area contributed by atoms with E-state index < -0.39 is 0 Å². The van der Waals surface area contributed by atoms with Crippen molar-refractivity contribution in [2.75, 3.05) is 0 Å². The van der Waals surface area contributed by atoms with Gasteiger partial charge in [0.2, 0.25) is 5.76 Å². The molecule has 0 aliphatic carbocycles. The van der Waals surface area contributed by atoms with Crippen molar-refractivity contribution in [3.05, 3.63) is 16.9 Å². The molecule has 0 aliphatic rings. The van der Waals surface area contributed by atoms with Gasteiger partial charge in [0.25, 0.3) is 0 Å². The second-order valence-corrected chi connectivity index (χ2v) is 3.12. The molecule has 0 radical (unpaired) electrons. The van der Waals surface area contributed by atoms with Crippen LogP contribution in [-0.4, -0.2) is 15.2 Å². The average Bonchev–Trinajstić information content (AvgIpc) is 2.62. The maximum absolute atomic E-state index is 5.22. The minimum absolute atomic E-state index is 0.616. The molecule has 0 atom stereocenters. The highest BCUT2D eigenvalue weighted by Gasteiger charge is 2.17. The van der Waals surface area contributed by atoms with E-state index in [1.807, 2.05) is 14.0 Å². The molecule has 0 bridgehead atoms. The summed E-state index contributed by atoms with van der Waals surface area (Å²) in [7, 11) is 1.85. The summed E-state index contributed by atoms with van der Waals surface area (Å²) in [6.45, 7) is 1.88. The zero-order chi connectivity index (χ0) is 9.42. The summed E-state index contributed by atoms with van der Waals surface area (Å²) in [5.74, 6) is 1.50. The molecule has 2 aromatic rings. The molecule has 0 amide bonds. The lowest BCUT2D eigenvalue weighted by Gasteiger charge is -1.89. The molecule has 0 aliphatic heterocycles. The van der Waals surface area contributed by atoms with Crippen LogP contribution in [0.4, 0.5) is 0 Å². The largest absolute Gasteiger partial charge is 0.437 e. The van der Waals surface area contributed by atoms with Gasteiger partial charge >= 0.3 is 10.6 Å². The first-order valence-electron chi connectivity index (χ1n) is 3.77. The van der Waals surface area contributed by atoms with Crippen molar-refractivity contribution in [1.29, 1.82) is 0 Å². The van der Waals surface area contributed by atoms with Crippen molar-refractivity contribution < 1.29 is 8.98 Å². The van der Waals surface area contributed by atoms with E-state index in [-0.39, 0.29) is 0 Å². The van der Waals surface area contributed by atoms with Crippen molar-refractivity contribution in [2.24, 2.45) is 7.05 Å². The van der Waals surface area contributed by atoms with Crippen molar-refractivity contribution in [2.45, 2.75) is 6.92 Å². The lowest BCUT2D eigenvalue weighted by atomic mass is 10.3. The molecule has 13 heavy (non-hydrogen) atoms. The van der Waals surface area contributed by atoms with E-state index in [0.717, 1.165) is 11.5 Å². The Bertz CT molecular complexity index is 481. The van der Waals surface area contributed by atoms with Crippen molar-refractivity contribution in [1.82, 2.24) is 15.2 Å². The first-order chi connectivity index (χ1) is 6.20. The maximum atomic E-state index is 5.22. The fourth-order valence-corrected chi connectivity index (χ4v) is 1.26. The molecule has 0 unspecified atom stereocenters. The number of oxazole rings is 1. The Morgan fingerprint density at radius 1 is 1.54 bits per heavy atom. The Hall–Kier alpha value is -1.43. The van der Waals surface area contributed by atoms with Crippen LogP contribution in [0, 0.1) is 11.7 Å². The minimum atomic E-state index is 0.616. The van der Waals surface area contributed by atoms with Gasteiger partial charge in [0, 0.05) is 0 Å². The summed E-state index contributed by atoms with van der Waals surface area (Å²) < 4.78 is 7.63. The first-order valence-corrected chi connectivity index (χ1v) is 4.18. The average molecular weight is 197 g/mol. The molecule has 2 rings (SSSR count). The van der Waals surface area contributed by atoms with E-state index >= 15 is 0 Å². The van der Waals surface area contributed by atoms with Gasteiger partial charge in [0.1, 0.15) is 0 Å². The maximum Gasteiger partial charge on any atom is 0.323 e. The van der Waals surface area contributed by atoms with Gasteiger partial charge in [-0.2, -0.15) is 5.10 Å². The summed E-state index contributed by atoms with van der Waals surface area (Å²) in [5.41, 5.74) is 0.834. The van der Waals surface area contributed by atoms with Gasteiger partial charge in [-0.15, -0.1) is 5.10 Å². The van der Waals surface area contributed by atoms with Crippen LogP contribution < -0.4 is 4.57 Å². The van der Waals surface area contributed by atoms with Crippen LogP contribution in [0.25, 0.3) is 11.6 Å². The molecule has 0 saturated carbocycles. The second-order valence-electron chi connectivity index (χ2n) is 2.73. The standard InChI is InChI=1S/C7H8N4OS/c1-4-5(12-3-8-4)6-9-10-7(13)11(6)2/h3H,1-2H3,(H,10,13)/p+1. The molecule has 0 aromatic carbocycles. The molecule has 5 nitrogen and oxygen atoms in total. The van der Waals surface area contributed by atoms with Crippen LogP contribution in [0.5, 0.6) is 0 Å². The fraction of sp³-hybridized carbons (Fsp3) is 0.286. The molecular formula is C7H9N4OS+. The first kappa shape index (κ1) is 8.18. The van der Waals surface area contributed by atoms with Crippen LogP contribution >= 0.6 is 12.2 Å². The van der Waals surface area contributed by atoms with E-state index in [0.29, 0.717) is 10.5 Å². The minimum Gasteiger partial charge on any atom is -0.437 e. The summed E-state index contributed by atoms with van der Waals surface area (Å²) in [6, 6.07) is 0. The highest BCUT2D eigenvalue weighted by atomic mass is 32.1. The fourth-order valence-electron chi connectivity index (χ4n) is 1.12. The van der Waals surface area contributed by atoms with E-state index in [1.54, 1.807) is 4.57 Å². The SMILES string of the molecule is Cc1ncoc1-c1[nH][nH]c(=S)[n+]1C. The van der Waals surface area contributed by atoms with Crippen LogP contribution in [0.2, 0.25) is 0 Å². The Morgan fingerprint density at radius 2 is 2.31 bits per heavy atom. The van der Waals surface area contributed by atoms with Gasteiger partial charge in [-0.05, 0) is 19.1 Å². The molecule has 0 fully saturated rings. The predicted molar refractivity (Wildman–Crippen MR) is 47.4 cm³/mol. The summed E-state index contributed by atoms with van der Waals surface area (Å²) in [4.78, 5) is 4.00. The Balaban J connectivity index is 2.65. The number of hydrogen-bond acceptors (Lipinski definition) is 3. The monoisotopic (exact) mass is 197 g/mol. The molecule has 0 spiro atoms. The zero-order valence-corrected chi connectivity index (χ0v) is 8.10. The van der Waals surface area contributed by atoms with Crippen molar-refractivity contribution in [3.8, 4) is 11.6 Å². The number of H-pyrrole nitrogens is 2. The van der Waals surface area contributed by atoms with Gasteiger partial charge in [-0.3, -0.25) is 0 Å². The van der Waals surface area contributed by atoms with Gasteiger partial charge in [0.15, 0.2) is 6.39 Å². The number of nitrogens with one attached hydrogen (secondary N) is 2. The predicted octanol–water partition coefficient (Wildman–Crippen LogP) is 0.860. The third-order valence-electron chi connectivity index (χ3n) is 1.89. The summed E-state index contributed by atoms with van der Waals surface area (Å²) in [5, 5.41) is 5.73. The van der Waals surface area contributed by atoms with Crippen molar-refractivity contribution in [3.63, 3.8) is 0 Å². The molecular weight excluding hydrogens is 188 g/mol. The number of aromatic nitrogens is 4. The van der Waals surface area contributed by atoms with Crippen LogP contribution in [0.1, 0.15) is 5.69 Å². The zero-order valence-electron chi connectivity index (χ0n) is 7.29. The van der Waals surface area contributed by atoms with E-state index in [4.69, 9.17) is 16.6 Å². The molecule has 6 heteroatoms. The van der Waals surface area contributed by atoms with E-state index in [2.05, 4.69) is 15.2 Å². The van der Waals surface area contributed by atoms with Gasteiger partial charge < -0.3 is 4.42 Å². The third kappa shape index (κ3) is 1.19. The smallest absolute Gasteiger partial charge is 0.323 e. The van der Waals surface area contributed by atoms with E-state index in [9.17, 15) is 0 Å². The summed E-state index contributed by atoms with van der Waals surface area (Å²) >= 11 is 5.01.